The van der Waals surface area contributed by atoms with E-state index in [4.69, 9.17) is 38.1 Å². The summed E-state index contributed by atoms with van der Waals surface area (Å²) < 4.78 is 28.7. The summed E-state index contributed by atoms with van der Waals surface area (Å²) >= 11 is 0. The third-order valence-electron chi connectivity index (χ3n) is 7.77. The standard InChI is InChI=1S/C26H46N2O16.CO2/c1-9(2)28-44-25-17(27-11(4)32)20(37)23(15(8-31)40-25)43-26-21(38)24(19(36)14(7-30)39-26)42-16-5-12(33)10(3)22(41-16)18(35)13(34)6-29;2-1-3/h10,12-26,29-31,33-38H,5-8H2,1-4H3,(H,27,32);/t10-,12?,13-,14?,15?,16-,17?,18-,19+,20-,21?,22?,23-,24+,25+,26+;/m1./s1. The Hall–Kier alpha value is -2.24. The van der Waals surface area contributed by atoms with E-state index >= 15 is 0 Å². The zero-order valence-corrected chi connectivity index (χ0v) is 26.2. The van der Waals surface area contributed by atoms with E-state index in [2.05, 4.69) is 10.5 Å². The number of carbonyl (C=O) groups excluding carboxylic acids is 3. The quantitative estimate of drug-likeness (QED) is 0.0676. The molecule has 0 aromatic heterocycles. The molecule has 3 rings (SSSR count). The lowest BCUT2D eigenvalue weighted by atomic mass is 9.87. The van der Waals surface area contributed by atoms with Gasteiger partial charge in [0.05, 0.1) is 37.7 Å². The molecule has 47 heavy (non-hydrogen) atoms. The molecule has 272 valence electrons. The lowest BCUT2D eigenvalue weighted by Crippen LogP contribution is -2.67. The average Bonchev–Trinajstić information content (AvgIpc) is 3.02. The molecule has 0 radical (unpaired) electrons. The van der Waals surface area contributed by atoms with Gasteiger partial charge >= 0.3 is 6.15 Å². The molecule has 20 nitrogen and oxygen atoms in total. The van der Waals surface area contributed by atoms with Crippen LogP contribution in [0.25, 0.3) is 0 Å². The van der Waals surface area contributed by atoms with E-state index in [1.807, 2.05) is 0 Å². The Bertz CT molecular complexity index is 1030. The zero-order valence-electron chi connectivity index (χ0n) is 26.2. The summed E-state index contributed by atoms with van der Waals surface area (Å²) in [7, 11) is 0. The highest BCUT2D eigenvalue weighted by Crippen LogP contribution is 2.34. The van der Waals surface area contributed by atoms with Crippen LogP contribution >= 0.6 is 0 Å². The van der Waals surface area contributed by atoms with E-state index < -0.39 is 124 Å². The van der Waals surface area contributed by atoms with Crippen molar-refractivity contribution in [2.24, 2.45) is 11.1 Å². The fraction of sp³-hybridized carbons (Fsp3) is 0.889. The molecule has 0 aromatic carbocycles. The number of oxime groups is 1. The Morgan fingerprint density at radius 2 is 1.49 bits per heavy atom. The second-order valence-electron chi connectivity index (χ2n) is 11.5. The molecule has 3 saturated heterocycles. The number of aliphatic hydroxyl groups is 9. The molecule has 20 heteroatoms. The minimum atomic E-state index is -1.83. The lowest BCUT2D eigenvalue weighted by Gasteiger charge is -2.48. The van der Waals surface area contributed by atoms with Gasteiger partial charge in [-0.25, -0.2) is 0 Å². The minimum Gasteiger partial charge on any atom is -0.394 e. The van der Waals surface area contributed by atoms with Gasteiger partial charge in [0.2, 0.25) is 12.2 Å². The number of nitrogens with zero attached hydrogens (tertiary/aromatic N) is 1. The molecular weight excluding hydrogens is 640 g/mol. The normalized spacial score (nSPS) is 40.1. The molecule has 0 aliphatic carbocycles. The third-order valence-corrected chi connectivity index (χ3v) is 7.77. The van der Waals surface area contributed by atoms with Crippen molar-refractivity contribution < 1.29 is 88.9 Å². The first-order valence-corrected chi connectivity index (χ1v) is 14.8. The number of rotatable bonds is 12. The van der Waals surface area contributed by atoms with Gasteiger partial charge in [0.25, 0.3) is 0 Å². The van der Waals surface area contributed by atoms with Crippen LogP contribution in [0.15, 0.2) is 5.16 Å². The summed E-state index contributed by atoms with van der Waals surface area (Å²) in [5, 5.41) is 99.5. The molecule has 3 fully saturated rings. The molecule has 0 bridgehead atoms. The van der Waals surface area contributed by atoms with Gasteiger partial charge in [0.1, 0.15) is 61.0 Å². The highest BCUT2D eigenvalue weighted by Gasteiger charge is 2.53. The second kappa shape index (κ2) is 19.1. The number of ether oxygens (including phenoxy) is 5. The fourth-order valence-corrected chi connectivity index (χ4v) is 5.32. The van der Waals surface area contributed by atoms with Gasteiger partial charge in [-0.1, -0.05) is 12.1 Å². The van der Waals surface area contributed by atoms with Crippen molar-refractivity contribution in [1.29, 1.82) is 0 Å². The van der Waals surface area contributed by atoms with Gasteiger partial charge < -0.3 is 79.8 Å². The summed E-state index contributed by atoms with van der Waals surface area (Å²) in [6.07, 6.45) is -20.7. The molecule has 0 aromatic rings. The van der Waals surface area contributed by atoms with Gasteiger partial charge in [-0.15, -0.1) is 0 Å². The predicted molar refractivity (Wildman–Crippen MR) is 149 cm³/mol. The Morgan fingerprint density at radius 3 is 2.02 bits per heavy atom. The zero-order chi connectivity index (χ0) is 35.6. The molecule has 3 aliphatic rings. The molecule has 3 heterocycles. The maximum Gasteiger partial charge on any atom is 0.373 e. The number of amides is 1. The van der Waals surface area contributed by atoms with Gasteiger partial charge in [-0.05, 0) is 13.8 Å². The van der Waals surface area contributed by atoms with E-state index in [1.165, 1.54) is 6.92 Å². The highest BCUT2D eigenvalue weighted by atomic mass is 16.8. The molecular formula is C27H46N2O18. The maximum atomic E-state index is 11.9. The van der Waals surface area contributed by atoms with Gasteiger partial charge in [0, 0.05) is 19.3 Å². The van der Waals surface area contributed by atoms with Crippen molar-refractivity contribution >= 4 is 17.8 Å². The number of hydrogen-bond acceptors (Lipinski definition) is 19. The van der Waals surface area contributed by atoms with Gasteiger partial charge in [-0.2, -0.15) is 9.59 Å². The largest absolute Gasteiger partial charge is 0.394 e. The van der Waals surface area contributed by atoms with E-state index in [1.54, 1.807) is 20.8 Å². The Kier molecular flexibility index (Phi) is 16.6. The van der Waals surface area contributed by atoms with Crippen LogP contribution in [0.5, 0.6) is 0 Å². The summed E-state index contributed by atoms with van der Waals surface area (Å²) in [6, 6.07) is -1.26. The van der Waals surface area contributed by atoms with Gasteiger partial charge in [0.15, 0.2) is 12.6 Å². The first-order chi connectivity index (χ1) is 22.1. The Labute approximate surface area is 269 Å². The van der Waals surface area contributed by atoms with E-state index in [-0.39, 0.29) is 12.6 Å². The van der Waals surface area contributed by atoms with Crippen LogP contribution < -0.4 is 5.32 Å². The summed E-state index contributed by atoms with van der Waals surface area (Å²) in [4.78, 5) is 33.4. The molecule has 16 atom stereocenters. The number of carbonyl (C=O) groups is 1. The maximum absolute atomic E-state index is 11.9. The Morgan fingerprint density at radius 1 is 0.894 bits per heavy atom. The van der Waals surface area contributed by atoms with E-state index in [9.17, 15) is 50.8 Å². The van der Waals surface area contributed by atoms with Crippen LogP contribution in [-0.4, -0.2) is 176 Å². The molecule has 6 unspecified atom stereocenters. The molecule has 0 saturated carbocycles. The monoisotopic (exact) mass is 686 g/mol. The van der Waals surface area contributed by atoms with Crippen molar-refractivity contribution in [2.75, 3.05) is 19.8 Å². The van der Waals surface area contributed by atoms with Crippen molar-refractivity contribution in [3.05, 3.63) is 0 Å². The third kappa shape index (κ3) is 10.6. The molecule has 0 spiro atoms. The van der Waals surface area contributed by atoms with Crippen LogP contribution in [-0.2, 0) is 42.9 Å². The number of hydrogen-bond donors (Lipinski definition) is 10. The summed E-state index contributed by atoms with van der Waals surface area (Å²) in [6.45, 7) is 3.74. The summed E-state index contributed by atoms with van der Waals surface area (Å²) in [5.74, 6) is -1.26. The van der Waals surface area contributed by atoms with E-state index in [0.717, 1.165) is 0 Å². The number of aliphatic hydroxyl groups excluding tert-OH is 9. The highest BCUT2D eigenvalue weighted by molar-refractivity contribution is 5.78. The van der Waals surface area contributed by atoms with Crippen molar-refractivity contribution in [3.63, 3.8) is 0 Å². The van der Waals surface area contributed by atoms with Crippen LogP contribution in [0.2, 0.25) is 0 Å². The molecule has 1 amide bonds. The SMILES string of the molecule is CC(=O)NC1[C@H](ON=C(C)C)OC(CO)[C@@H](O[C@@H]2OC(CO)[C@H](O)[C@H](O[C@@H]3CC(O)[C@@H](C)C([C@H](O)[C@H](O)CO)O3)C2O)[C@@H]1O.O=C=O. The summed E-state index contributed by atoms with van der Waals surface area (Å²) in [5.41, 5.74) is 0.497. The fourth-order valence-electron chi connectivity index (χ4n) is 5.32. The number of nitrogens with one attached hydrogen (secondary N) is 1. The van der Waals surface area contributed by atoms with Crippen molar-refractivity contribution in [2.45, 2.75) is 126 Å². The average molecular weight is 687 g/mol. The van der Waals surface area contributed by atoms with E-state index in [0.29, 0.717) is 5.71 Å². The molecule has 3 aliphatic heterocycles. The second-order valence-corrected chi connectivity index (χ2v) is 11.5. The lowest BCUT2D eigenvalue weighted by molar-refractivity contribution is -0.367. The van der Waals surface area contributed by atoms with Crippen LogP contribution in [0.1, 0.15) is 34.1 Å². The smallest absolute Gasteiger partial charge is 0.373 e. The first kappa shape index (κ1) is 40.9. The molecule has 10 N–H and O–H groups in total. The van der Waals surface area contributed by atoms with Crippen molar-refractivity contribution in [1.82, 2.24) is 5.32 Å². The first-order valence-electron chi connectivity index (χ1n) is 14.8. The van der Waals surface area contributed by atoms with Crippen LogP contribution in [0, 0.1) is 5.92 Å². The predicted octanol–water partition coefficient (Wildman–Crippen LogP) is -5.57. The van der Waals surface area contributed by atoms with Crippen LogP contribution in [0.3, 0.4) is 0 Å². The minimum absolute atomic E-state index is 0.174. The van der Waals surface area contributed by atoms with Gasteiger partial charge in [-0.3, -0.25) is 4.79 Å². The topological polar surface area (TPSA) is 313 Å². The Balaban J connectivity index is 0.00000246. The van der Waals surface area contributed by atoms with Crippen molar-refractivity contribution in [3.8, 4) is 0 Å². The van der Waals surface area contributed by atoms with Crippen LogP contribution in [0.4, 0.5) is 0 Å².